The number of aliphatic carboxylic acids is 1. The van der Waals surface area contributed by atoms with Gasteiger partial charge >= 0.3 is 5.97 Å². The molecule has 2 saturated carbocycles. The van der Waals surface area contributed by atoms with Gasteiger partial charge in [0, 0.05) is 12.3 Å². The van der Waals surface area contributed by atoms with Gasteiger partial charge in [-0.3, -0.25) is 9.59 Å². The maximum absolute atomic E-state index is 13.5. The molecule has 3 aliphatic rings. The number of ketones is 1. The molecule has 1 saturated heterocycles. The van der Waals surface area contributed by atoms with E-state index in [0.29, 0.717) is 0 Å². The summed E-state index contributed by atoms with van der Waals surface area (Å²) in [6.45, 7) is 13.9. The molecule has 2 aliphatic carbocycles. The number of fused-ring (bicyclic) bond motifs is 3. The van der Waals surface area contributed by atoms with Crippen molar-refractivity contribution in [3.8, 4) is 0 Å². The van der Waals surface area contributed by atoms with Gasteiger partial charge in [0.2, 0.25) is 0 Å². The predicted octanol–water partition coefficient (Wildman–Crippen LogP) is 3.59. The number of carboxylic acids is 1. The van der Waals surface area contributed by atoms with E-state index in [-0.39, 0.29) is 30.0 Å². The van der Waals surface area contributed by atoms with E-state index in [4.69, 9.17) is 4.74 Å². The van der Waals surface area contributed by atoms with Gasteiger partial charge in [-0.2, -0.15) is 0 Å². The summed E-state index contributed by atoms with van der Waals surface area (Å²) in [5.41, 5.74) is -2.45. The molecule has 0 unspecified atom stereocenters. The zero-order valence-corrected chi connectivity index (χ0v) is 17.2. The first-order valence-corrected chi connectivity index (χ1v) is 10.1. The maximum atomic E-state index is 13.5. The molecule has 3 fully saturated rings. The van der Waals surface area contributed by atoms with Crippen LogP contribution in [-0.2, 0) is 14.3 Å². The molecule has 27 heavy (non-hydrogen) atoms. The summed E-state index contributed by atoms with van der Waals surface area (Å²) in [6, 6.07) is 0. The van der Waals surface area contributed by atoms with Crippen LogP contribution in [0.5, 0.6) is 0 Å². The van der Waals surface area contributed by atoms with Gasteiger partial charge in [0.25, 0.3) is 0 Å². The molecular weight excluding hydrogens is 344 g/mol. The molecule has 0 spiro atoms. The molecule has 3 rings (SSSR count). The van der Waals surface area contributed by atoms with Crippen molar-refractivity contribution < 1.29 is 24.5 Å². The molecule has 5 nitrogen and oxygen atoms in total. The molecule has 1 aliphatic heterocycles. The minimum Gasteiger partial charge on any atom is -0.481 e. The first-order chi connectivity index (χ1) is 12.3. The third kappa shape index (κ3) is 2.89. The number of carboxylic acid groups (broad SMARTS) is 1. The Balaban J connectivity index is 2.20. The van der Waals surface area contributed by atoms with E-state index in [1.807, 2.05) is 13.8 Å². The molecule has 7 atom stereocenters. The topological polar surface area (TPSA) is 83.8 Å². The van der Waals surface area contributed by atoms with Crippen molar-refractivity contribution >= 4 is 11.8 Å². The maximum Gasteiger partial charge on any atom is 0.303 e. The number of carbonyl (C=O) groups excluding carboxylic acids is 1. The minimum atomic E-state index is -1.03. The zero-order chi connectivity index (χ0) is 20.4. The SMILES string of the molecule is C=C[C@@]1(C)CC(=O)[C@@H]2[C@@]3(C)CCCC(C)(C)[C@@H]3[C@H](O)[C@H](CC(=O)O)[C@]2(C)O1. The molecule has 152 valence electrons. The predicted molar refractivity (Wildman–Crippen MR) is 102 cm³/mol. The quantitative estimate of drug-likeness (QED) is 0.733. The van der Waals surface area contributed by atoms with E-state index in [2.05, 4.69) is 27.4 Å². The molecule has 5 heteroatoms. The van der Waals surface area contributed by atoms with Crippen LogP contribution in [0.15, 0.2) is 12.7 Å². The van der Waals surface area contributed by atoms with Gasteiger partial charge in [-0.15, -0.1) is 6.58 Å². The Morgan fingerprint density at radius 3 is 2.44 bits per heavy atom. The summed E-state index contributed by atoms with van der Waals surface area (Å²) in [7, 11) is 0. The summed E-state index contributed by atoms with van der Waals surface area (Å²) in [5, 5.41) is 21.0. The summed E-state index contributed by atoms with van der Waals surface area (Å²) in [4.78, 5) is 25.1. The summed E-state index contributed by atoms with van der Waals surface area (Å²) < 4.78 is 6.49. The van der Waals surface area contributed by atoms with Gasteiger partial charge in [-0.05, 0) is 43.4 Å². The molecule has 0 aromatic rings. The van der Waals surface area contributed by atoms with Crippen molar-refractivity contribution in [2.24, 2.45) is 28.6 Å². The van der Waals surface area contributed by atoms with Crippen LogP contribution in [0.4, 0.5) is 0 Å². The average Bonchev–Trinajstić information content (AvgIpc) is 2.49. The first kappa shape index (κ1) is 20.5. The Morgan fingerprint density at radius 2 is 1.89 bits per heavy atom. The highest BCUT2D eigenvalue weighted by molar-refractivity contribution is 5.86. The number of rotatable bonds is 3. The van der Waals surface area contributed by atoms with E-state index < -0.39 is 40.5 Å². The van der Waals surface area contributed by atoms with E-state index in [1.54, 1.807) is 6.08 Å². The number of hydrogen-bond donors (Lipinski definition) is 2. The average molecular weight is 379 g/mol. The number of aliphatic hydroxyl groups is 1. The molecular formula is C22H34O5. The second-order valence-corrected chi connectivity index (χ2v) is 10.4. The number of Topliss-reactive ketones (excluding diaryl/α,β-unsaturated/α-hetero) is 1. The lowest BCUT2D eigenvalue weighted by Gasteiger charge is -2.67. The highest BCUT2D eigenvalue weighted by Crippen LogP contribution is 2.66. The lowest BCUT2D eigenvalue weighted by Crippen LogP contribution is -2.73. The number of hydrogen-bond acceptors (Lipinski definition) is 4. The van der Waals surface area contributed by atoms with Crippen LogP contribution >= 0.6 is 0 Å². The van der Waals surface area contributed by atoms with Gasteiger partial charge in [-0.1, -0.05) is 33.3 Å². The second-order valence-electron chi connectivity index (χ2n) is 10.4. The zero-order valence-electron chi connectivity index (χ0n) is 17.2. The van der Waals surface area contributed by atoms with Crippen LogP contribution in [0, 0.1) is 28.6 Å². The lowest BCUT2D eigenvalue weighted by molar-refractivity contribution is -0.290. The Bertz CT molecular complexity index is 670. The fraction of sp³-hybridized carbons (Fsp3) is 0.818. The summed E-state index contributed by atoms with van der Waals surface area (Å²) in [6.07, 6.45) is 3.64. The summed E-state index contributed by atoms with van der Waals surface area (Å²) in [5.74, 6) is -2.06. The van der Waals surface area contributed by atoms with E-state index in [9.17, 15) is 19.8 Å². The highest BCUT2D eigenvalue weighted by Gasteiger charge is 2.70. The normalized spacial score (nSPS) is 49.0. The van der Waals surface area contributed by atoms with Crippen LogP contribution in [0.2, 0.25) is 0 Å². The van der Waals surface area contributed by atoms with Crippen molar-refractivity contribution in [2.75, 3.05) is 0 Å². The molecule has 1 heterocycles. The molecule has 0 aromatic carbocycles. The molecule has 0 amide bonds. The van der Waals surface area contributed by atoms with E-state index in [0.717, 1.165) is 19.3 Å². The van der Waals surface area contributed by atoms with Gasteiger partial charge in [-0.25, -0.2) is 0 Å². The van der Waals surface area contributed by atoms with Crippen LogP contribution in [0.3, 0.4) is 0 Å². The lowest BCUT2D eigenvalue weighted by atomic mass is 9.41. The summed E-state index contributed by atoms with van der Waals surface area (Å²) >= 11 is 0. The molecule has 0 bridgehead atoms. The van der Waals surface area contributed by atoms with E-state index >= 15 is 0 Å². The van der Waals surface area contributed by atoms with Crippen LogP contribution in [0.25, 0.3) is 0 Å². The number of ether oxygens (including phenoxy) is 1. The van der Waals surface area contributed by atoms with Gasteiger partial charge in [0.15, 0.2) is 0 Å². The van der Waals surface area contributed by atoms with Crippen molar-refractivity contribution in [1.82, 2.24) is 0 Å². The van der Waals surface area contributed by atoms with Crippen molar-refractivity contribution in [3.05, 3.63) is 12.7 Å². The van der Waals surface area contributed by atoms with Crippen LogP contribution < -0.4 is 0 Å². The highest BCUT2D eigenvalue weighted by atomic mass is 16.5. The first-order valence-electron chi connectivity index (χ1n) is 10.1. The van der Waals surface area contributed by atoms with Gasteiger partial charge in [0.05, 0.1) is 29.6 Å². The van der Waals surface area contributed by atoms with E-state index in [1.165, 1.54) is 0 Å². The minimum absolute atomic E-state index is 0.110. The molecule has 0 radical (unpaired) electrons. The van der Waals surface area contributed by atoms with Crippen LogP contribution in [-0.4, -0.2) is 39.3 Å². The Kier molecular flexibility index (Phi) is 4.68. The standard InChI is InChI=1S/C22H34O5/c1-7-20(4)12-14(23)17-21(5)10-8-9-19(2,3)18(21)16(26)13(11-15(24)25)22(17,6)27-20/h7,13,16-18,26H,1,8-12H2,2-6H3,(H,24,25)/t13-,16+,17+,18-,20-,21+,22-/m0/s1. The largest absolute Gasteiger partial charge is 0.481 e. The smallest absolute Gasteiger partial charge is 0.303 e. The van der Waals surface area contributed by atoms with Crippen molar-refractivity contribution in [1.29, 1.82) is 0 Å². The monoisotopic (exact) mass is 378 g/mol. The van der Waals surface area contributed by atoms with Crippen molar-refractivity contribution in [2.45, 2.75) is 84.0 Å². The molecule has 2 N–H and O–H groups in total. The van der Waals surface area contributed by atoms with Crippen molar-refractivity contribution in [3.63, 3.8) is 0 Å². The Labute approximate surface area is 162 Å². The van der Waals surface area contributed by atoms with Crippen LogP contribution in [0.1, 0.15) is 66.7 Å². The second kappa shape index (κ2) is 6.15. The third-order valence-electron chi connectivity index (χ3n) is 7.94. The van der Waals surface area contributed by atoms with Gasteiger partial charge < -0.3 is 14.9 Å². The fourth-order valence-corrected chi connectivity index (χ4v) is 7.18. The third-order valence-corrected chi connectivity index (χ3v) is 7.94. The molecule has 0 aromatic heterocycles. The number of carbonyl (C=O) groups is 2. The van der Waals surface area contributed by atoms with Gasteiger partial charge in [0.1, 0.15) is 5.78 Å². The Morgan fingerprint density at radius 1 is 1.26 bits per heavy atom. The Hall–Kier alpha value is -1.20. The number of aliphatic hydroxyl groups excluding tert-OH is 1. The fourth-order valence-electron chi connectivity index (χ4n) is 7.18.